The largest absolute Gasteiger partial charge is 0.380 e. The molecule has 2 aliphatic rings. The second-order valence-corrected chi connectivity index (χ2v) is 7.90. The molecule has 5 rings (SSSR count). The Morgan fingerprint density at radius 2 is 2.00 bits per heavy atom. The summed E-state index contributed by atoms with van der Waals surface area (Å²) in [4.78, 5) is 16.6. The number of aromatic amines is 1. The van der Waals surface area contributed by atoms with Crippen LogP contribution in [0.2, 0.25) is 0 Å². The number of hydrogen-bond donors (Lipinski definition) is 2. The molecule has 0 spiro atoms. The van der Waals surface area contributed by atoms with Crippen molar-refractivity contribution in [3.63, 3.8) is 0 Å². The first-order chi connectivity index (χ1) is 13.8. The number of aryl methyl sites for hydroxylation is 1. The summed E-state index contributed by atoms with van der Waals surface area (Å²) in [5.74, 6) is -3.10. The van der Waals surface area contributed by atoms with E-state index >= 15 is 0 Å². The Labute approximate surface area is 163 Å². The monoisotopic (exact) mass is 404 g/mol. The van der Waals surface area contributed by atoms with E-state index in [1.165, 1.54) is 18.5 Å². The second kappa shape index (κ2) is 6.30. The van der Waals surface area contributed by atoms with Crippen molar-refractivity contribution in [2.75, 3.05) is 5.32 Å². The Hall–Kier alpha value is -2.91. The molecule has 2 atom stereocenters. The molecule has 10 heteroatoms. The molecule has 2 N–H and O–H groups in total. The smallest absolute Gasteiger partial charge is 0.272 e. The van der Waals surface area contributed by atoms with Crippen molar-refractivity contribution in [1.29, 1.82) is 0 Å². The van der Waals surface area contributed by atoms with Gasteiger partial charge in [-0.1, -0.05) is 0 Å². The van der Waals surface area contributed by atoms with Crippen molar-refractivity contribution in [2.24, 2.45) is 13.0 Å². The maximum Gasteiger partial charge on any atom is 0.272 e. The lowest BCUT2D eigenvalue weighted by molar-refractivity contribution is -0.0481. The first-order valence-electron chi connectivity index (χ1n) is 9.54. The highest BCUT2D eigenvalue weighted by Crippen LogP contribution is 2.46. The Morgan fingerprint density at radius 1 is 1.24 bits per heavy atom. The zero-order valence-electron chi connectivity index (χ0n) is 15.6. The maximum atomic E-state index is 14.2. The van der Waals surface area contributed by atoms with Crippen molar-refractivity contribution in [3.05, 3.63) is 46.1 Å². The van der Waals surface area contributed by atoms with E-state index in [0.29, 0.717) is 35.4 Å². The SMILES string of the molecule is Cn1ncnc1C1c2n[nH]c(=O)c3cc(F)cc(c23)NC1C1CCC(F)(F)CC1. The minimum absolute atomic E-state index is 0.0866. The number of benzene rings is 1. The number of H-pyrrole nitrogens is 1. The summed E-state index contributed by atoms with van der Waals surface area (Å²) in [6.45, 7) is 0. The Kier molecular flexibility index (Phi) is 3.94. The summed E-state index contributed by atoms with van der Waals surface area (Å²) in [5, 5.41) is 14.9. The van der Waals surface area contributed by atoms with Gasteiger partial charge in [-0.2, -0.15) is 10.2 Å². The lowest BCUT2D eigenvalue weighted by atomic mass is 9.74. The molecule has 0 bridgehead atoms. The average molecular weight is 404 g/mol. The topological polar surface area (TPSA) is 88.5 Å². The van der Waals surface area contributed by atoms with Crippen LogP contribution in [0.3, 0.4) is 0 Å². The molecular weight excluding hydrogens is 385 g/mol. The summed E-state index contributed by atoms with van der Waals surface area (Å²) in [5.41, 5.74) is 0.514. The summed E-state index contributed by atoms with van der Waals surface area (Å²) < 4.78 is 43.3. The van der Waals surface area contributed by atoms with E-state index < -0.39 is 23.2 Å². The molecule has 1 aliphatic heterocycles. The fourth-order valence-electron chi connectivity index (χ4n) is 4.74. The van der Waals surface area contributed by atoms with Crippen LogP contribution in [0.25, 0.3) is 10.8 Å². The number of aromatic nitrogens is 5. The number of hydrogen-bond acceptors (Lipinski definition) is 5. The first-order valence-corrected chi connectivity index (χ1v) is 9.54. The predicted molar refractivity (Wildman–Crippen MR) is 99.5 cm³/mol. The lowest BCUT2D eigenvalue weighted by Gasteiger charge is -2.41. The molecule has 29 heavy (non-hydrogen) atoms. The van der Waals surface area contributed by atoms with Gasteiger partial charge in [-0.15, -0.1) is 0 Å². The van der Waals surface area contributed by atoms with E-state index in [2.05, 4.69) is 25.6 Å². The van der Waals surface area contributed by atoms with Gasteiger partial charge in [-0.3, -0.25) is 9.48 Å². The summed E-state index contributed by atoms with van der Waals surface area (Å²) in [6, 6.07) is 2.18. The van der Waals surface area contributed by atoms with E-state index in [9.17, 15) is 18.0 Å². The molecule has 0 saturated heterocycles. The maximum absolute atomic E-state index is 14.2. The van der Waals surface area contributed by atoms with Crippen LogP contribution in [-0.4, -0.2) is 36.9 Å². The predicted octanol–water partition coefficient (Wildman–Crippen LogP) is 2.94. The quantitative estimate of drug-likeness (QED) is 0.686. The zero-order valence-corrected chi connectivity index (χ0v) is 15.6. The zero-order chi connectivity index (χ0) is 20.3. The molecule has 152 valence electrons. The first kappa shape index (κ1) is 18.1. The molecule has 0 radical (unpaired) electrons. The van der Waals surface area contributed by atoms with Gasteiger partial charge in [0.1, 0.15) is 18.0 Å². The van der Waals surface area contributed by atoms with Crippen molar-refractivity contribution in [2.45, 2.75) is 43.6 Å². The van der Waals surface area contributed by atoms with Gasteiger partial charge in [0.15, 0.2) is 0 Å². The number of nitrogens with zero attached hydrogens (tertiary/aromatic N) is 4. The van der Waals surface area contributed by atoms with Crippen LogP contribution in [0.1, 0.15) is 43.1 Å². The number of alkyl halides is 2. The van der Waals surface area contributed by atoms with Crippen LogP contribution < -0.4 is 10.9 Å². The average Bonchev–Trinajstić information content (AvgIpc) is 3.09. The highest BCUT2D eigenvalue weighted by atomic mass is 19.3. The van der Waals surface area contributed by atoms with Gasteiger partial charge in [0.2, 0.25) is 5.92 Å². The number of nitrogens with one attached hydrogen (secondary N) is 2. The van der Waals surface area contributed by atoms with Crippen molar-refractivity contribution < 1.29 is 13.2 Å². The summed E-state index contributed by atoms with van der Waals surface area (Å²) >= 11 is 0. The Balaban J connectivity index is 1.69. The molecule has 0 amide bonds. The van der Waals surface area contributed by atoms with E-state index in [-0.39, 0.29) is 30.2 Å². The van der Waals surface area contributed by atoms with E-state index in [1.54, 1.807) is 11.7 Å². The van der Waals surface area contributed by atoms with Crippen LogP contribution in [0.15, 0.2) is 23.3 Å². The highest BCUT2D eigenvalue weighted by Gasteiger charge is 2.44. The van der Waals surface area contributed by atoms with Gasteiger partial charge in [-0.05, 0) is 30.9 Å². The summed E-state index contributed by atoms with van der Waals surface area (Å²) in [6.07, 6.45) is 1.70. The number of rotatable bonds is 2. The molecule has 1 saturated carbocycles. The van der Waals surface area contributed by atoms with E-state index in [4.69, 9.17) is 0 Å². The molecule has 2 unspecified atom stereocenters. The lowest BCUT2D eigenvalue weighted by Crippen LogP contribution is -2.43. The van der Waals surface area contributed by atoms with Crippen LogP contribution in [0.4, 0.5) is 18.9 Å². The van der Waals surface area contributed by atoms with Crippen molar-refractivity contribution in [3.8, 4) is 0 Å². The van der Waals surface area contributed by atoms with Gasteiger partial charge < -0.3 is 5.32 Å². The third-order valence-corrected chi connectivity index (χ3v) is 6.15. The molecule has 1 aromatic carbocycles. The van der Waals surface area contributed by atoms with E-state index in [0.717, 1.165) is 0 Å². The Morgan fingerprint density at radius 3 is 2.69 bits per heavy atom. The molecule has 3 heterocycles. The summed E-state index contributed by atoms with van der Waals surface area (Å²) in [7, 11) is 1.75. The normalized spacial score (nSPS) is 23.9. The fourth-order valence-corrected chi connectivity index (χ4v) is 4.74. The van der Waals surface area contributed by atoms with Gasteiger partial charge in [0.05, 0.1) is 17.0 Å². The fraction of sp³-hybridized carbons (Fsp3) is 0.474. The Bertz CT molecular complexity index is 1150. The van der Waals surface area contributed by atoms with Gasteiger partial charge >= 0.3 is 0 Å². The van der Waals surface area contributed by atoms with Crippen LogP contribution in [0, 0.1) is 11.7 Å². The molecule has 3 aromatic rings. The molecule has 7 nitrogen and oxygen atoms in total. The number of anilines is 1. The second-order valence-electron chi connectivity index (χ2n) is 7.90. The van der Waals surface area contributed by atoms with Gasteiger partial charge in [0, 0.05) is 37.0 Å². The van der Waals surface area contributed by atoms with Crippen LogP contribution in [0.5, 0.6) is 0 Å². The van der Waals surface area contributed by atoms with Gasteiger partial charge in [0.25, 0.3) is 5.56 Å². The minimum Gasteiger partial charge on any atom is -0.380 e. The number of halogens is 3. The molecule has 2 aromatic heterocycles. The van der Waals surface area contributed by atoms with Crippen molar-refractivity contribution >= 4 is 16.5 Å². The van der Waals surface area contributed by atoms with Crippen LogP contribution >= 0.6 is 0 Å². The highest BCUT2D eigenvalue weighted by molar-refractivity contribution is 5.97. The molecular formula is C19H19F3N6O. The molecule has 1 fully saturated rings. The minimum atomic E-state index is -2.65. The van der Waals surface area contributed by atoms with Crippen molar-refractivity contribution in [1.82, 2.24) is 25.0 Å². The standard InChI is InChI=1S/C19H19F3N6O/c1-28-17(23-8-24-28)14-15(9-2-4-19(21,22)5-3-9)25-12-7-10(20)6-11-13(12)16(14)26-27-18(11)29/h6-9,14-15,25H,2-5H2,1H3,(H,27,29). The molecule has 1 aliphatic carbocycles. The third kappa shape index (κ3) is 2.89. The van der Waals surface area contributed by atoms with Gasteiger partial charge in [-0.25, -0.2) is 23.3 Å². The third-order valence-electron chi connectivity index (χ3n) is 6.15. The van der Waals surface area contributed by atoms with Crippen LogP contribution in [-0.2, 0) is 7.05 Å². The van der Waals surface area contributed by atoms with E-state index in [1.807, 2.05) is 0 Å².